The summed E-state index contributed by atoms with van der Waals surface area (Å²) in [6.07, 6.45) is -4.26. The van der Waals surface area contributed by atoms with Crippen molar-refractivity contribution in [1.82, 2.24) is 0 Å². The van der Waals surface area contributed by atoms with Gasteiger partial charge < -0.3 is 48.1 Å². The largest absolute Gasteiger partial charge is 0.388 e. The summed E-state index contributed by atoms with van der Waals surface area (Å²) in [6, 6.07) is 0. The van der Waals surface area contributed by atoms with E-state index in [0.717, 1.165) is 0 Å². The number of hydrogen-bond donors (Lipinski definition) is 2. The molecule has 1 unspecified atom stereocenters. The molecule has 182 valence electrons. The average molecular weight is 451 g/mol. The molecule has 0 saturated carbocycles. The van der Waals surface area contributed by atoms with Crippen LogP contribution in [0, 0.1) is 0 Å². The molecule has 0 aromatic rings. The number of aliphatic hydroxyl groups excluding tert-OH is 2. The fourth-order valence-electron chi connectivity index (χ4n) is 4.64. The Kier molecular flexibility index (Phi) is 9.07. The second kappa shape index (κ2) is 11.1. The zero-order valence-corrected chi connectivity index (χ0v) is 19.2. The normalized spacial score (nSPS) is 49.2. The maximum absolute atomic E-state index is 10.2. The molecule has 0 aromatic heterocycles. The Labute approximate surface area is 184 Å². The summed E-state index contributed by atoms with van der Waals surface area (Å²) >= 11 is 0. The van der Waals surface area contributed by atoms with Gasteiger partial charge in [-0.3, -0.25) is 0 Å². The summed E-state index contributed by atoms with van der Waals surface area (Å²) in [4.78, 5) is 0. The molecule has 10 heteroatoms. The standard InChI is InChI=1S/C21H38O10/c1-10-19(23)13(24-4)8-17(28-10)30-21-12(3)29-18(9-15(21)26-6)31-20-11(2)27-16(22)7-14(20)25-5/h10-23H,7-9H2,1-6H3/t10-,11-,12-,13+,14+,15+,16?,17+,18+,19-,20-,21-/m0/s1. The van der Waals surface area contributed by atoms with E-state index in [0.29, 0.717) is 19.3 Å². The summed E-state index contributed by atoms with van der Waals surface area (Å²) in [6.45, 7) is 5.54. The van der Waals surface area contributed by atoms with Gasteiger partial charge in [-0.05, 0) is 20.8 Å². The third-order valence-electron chi connectivity index (χ3n) is 6.43. The van der Waals surface area contributed by atoms with Crippen LogP contribution in [0.2, 0.25) is 0 Å². The smallest absolute Gasteiger partial charge is 0.161 e. The predicted molar refractivity (Wildman–Crippen MR) is 107 cm³/mol. The molecule has 0 spiro atoms. The lowest BCUT2D eigenvalue weighted by Gasteiger charge is -2.45. The predicted octanol–water partition coefficient (Wildman–Crippen LogP) is 0.560. The molecule has 3 rings (SSSR count). The minimum atomic E-state index is -0.872. The summed E-state index contributed by atoms with van der Waals surface area (Å²) in [5.41, 5.74) is 0. The molecular weight excluding hydrogens is 412 g/mol. The van der Waals surface area contributed by atoms with Gasteiger partial charge in [-0.1, -0.05) is 0 Å². The van der Waals surface area contributed by atoms with Crippen LogP contribution < -0.4 is 0 Å². The Morgan fingerprint density at radius 3 is 1.61 bits per heavy atom. The van der Waals surface area contributed by atoms with E-state index in [-0.39, 0.29) is 42.7 Å². The quantitative estimate of drug-likeness (QED) is 0.570. The van der Waals surface area contributed by atoms with Gasteiger partial charge >= 0.3 is 0 Å². The molecule has 2 N–H and O–H groups in total. The topological polar surface area (TPSA) is 114 Å². The van der Waals surface area contributed by atoms with Crippen molar-refractivity contribution in [2.75, 3.05) is 21.3 Å². The molecule has 0 amide bonds. The van der Waals surface area contributed by atoms with Crippen molar-refractivity contribution in [2.45, 2.75) is 114 Å². The minimum absolute atomic E-state index is 0.285. The summed E-state index contributed by atoms with van der Waals surface area (Å²) in [5, 5.41) is 20.0. The maximum atomic E-state index is 10.2. The number of hydrogen-bond acceptors (Lipinski definition) is 10. The molecular formula is C21H38O10. The van der Waals surface area contributed by atoms with E-state index < -0.39 is 31.1 Å². The Morgan fingerprint density at radius 1 is 0.613 bits per heavy atom. The van der Waals surface area contributed by atoms with E-state index in [4.69, 9.17) is 37.9 Å². The van der Waals surface area contributed by atoms with E-state index in [1.54, 1.807) is 28.3 Å². The maximum Gasteiger partial charge on any atom is 0.161 e. The number of methoxy groups -OCH3 is 3. The molecule has 12 atom stereocenters. The lowest BCUT2D eigenvalue weighted by molar-refractivity contribution is -0.334. The van der Waals surface area contributed by atoms with Crippen LogP contribution >= 0.6 is 0 Å². The molecule has 31 heavy (non-hydrogen) atoms. The second-order valence-electron chi connectivity index (χ2n) is 8.56. The highest BCUT2D eigenvalue weighted by molar-refractivity contribution is 4.88. The van der Waals surface area contributed by atoms with Gasteiger partial charge in [0.1, 0.15) is 18.3 Å². The van der Waals surface area contributed by atoms with E-state index in [2.05, 4.69) is 0 Å². The van der Waals surface area contributed by atoms with Crippen LogP contribution in [-0.2, 0) is 37.9 Å². The average Bonchev–Trinajstić information content (AvgIpc) is 2.73. The highest BCUT2D eigenvalue weighted by Gasteiger charge is 2.45. The third-order valence-corrected chi connectivity index (χ3v) is 6.43. The van der Waals surface area contributed by atoms with Crippen molar-refractivity contribution < 1.29 is 48.1 Å². The molecule has 10 nitrogen and oxygen atoms in total. The van der Waals surface area contributed by atoms with E-state index in [9.17, 15) is 10.2 Å². The van der Waals surface area contributed by atoms with Gasteiger partial charge in [0, 0.05) is 40.6 Å². The van der Waals surface area contributed by atoms with Crippen LogP contribution in [-0.4, -0.2) is 105 Å². The molecule has 0 radical (unpaired) electrons. The number of aliphatic hydroxyl groups is 2. The fraction of sp³-hybridized carbons (Fsp3) is 1.00. The molecule has 3 aliphatic rings. The molecule has 3 aliphatic heterocycles. The highest BCUT2D eigenvalue weighted by atomic mass is 16.7. The Morgan fingerprint density at radius 2 is 1.06 bits per heavy atom. The zero-order chi connectivity index (χ0) is 22.7. The van der Waals surface area contributed by atoms with Gasteiger partial charge in [-0.15, -0.1) is 0 Å². The Bertz CT molecular complexity index is 550. The van der Waals surface area contributed by atoms with Crippen molar-refractivity contribution in [3.8, 4) is 0 Å². The van der Waals surface area contributed by atoms with Crippen LogP contribution in [0.3, 0.4) is 0 Å². The molecule has 3 saturated heterocycles. The molecule has 3 heterocycles. The first-order valence-corrected chi connectivity index (χ1v) is 11.0. The number of ether oxygens (including phenoxy) is 8. The van der Waals surface area contributed by atoms with Crippen LogP contribution in [0.1, 0.15) is 40.0 Å². The summed E-state index contributed by atoms with van der Waals surface area (Å²) < 4.78 is 46.4. The summed E-state index contributed by atoms with van der Waals surface area (Å²) in [5.74, 6) is 0. The Hall–Kier alpha value is -0.400. The van der Waals surface area contributed by atoms with Gasteiger partial charge in [-0.2, -0.15) is 0 Å². The van der Waals surface area contributed by atoms with Crippen molar-refractivity contribution in [3.05, 3.63) is 0 Å². The van der Waals surface area contributed by atoms with Crippen LogP contribution in [0.5, 0.6) is 0 Å². The van der Waals surface area contributed by atoms with Crippen molar-refractivity contribution >= 4 is 0 Å². The lowest BCUT2D eigenvalue weighted by Crippen LogP contribution is -2.56. The van der Waals surface area contributed by atoms with E-state index in [1.807, 2.05) is 13.8 Å². The highest BCUT2D eigenvalue weighted by Crippen LogP contribution is 2.33. The lowest BCUT2D eigenvalue weighted by atomic mass is 9.99. The van der Waals surface area contributed by atoms with Gasteiger partial charge in [0.05, 0.1) is 36.6 Å². The van der Waals surface area contributed by atoms with E-state index >= 15 is 0 Å². The zero-order valence-electron chi connectivity index (χ0n) is 19.2. The third kappa shape index (κ3) is 5.94. The first-order valence-electron chi connectivity index (χ1n) is 11.0. The first kappa shape index (κ1) is 25.2. The van der Waals surface area contributed by atoms with Crippen molar-refractivity contribution in [2.24, 2.45) is 0 Å². The van der Waals surface area contributed by atoms with Gasteiger partial charge in [0.2, 0.25) is 0 Å². The minimum Gasteiger partial charge on any atom is -0.388 e. The van der Waals surface area contributed by atoms with Gasteiger partial charge in [0.25, 0.3) is 0 Å². The van der Waals surface area contributed by atoms with Gasteiger partial charge in [0.15, 0.2) is 18.9 Å². The second-order valence-corrected chi connectivity index (χ2v) is 8.56. The molecule has 0 aromatic carbocycles. The first-order chi connectivity index (χ1) is 14.8. The van der Waals surface area contributed by atoms with Crippen LogP contribution in [0.25, 0.3) is 0 Å². The SMILES string of the molecule is CO[C@@H]1C[C@@H](O[C@H]2[C@H](C)O[C@H](O[C@H]3[C@H](C)OC(O)C[C@H]3OC)C[C@H]2OC)O[C@@H](C)[C@@H]1O. The molecule has 3 fully saturated rings. The molecule has 0 aliphatic carbocycles. The summed E-state index contributed by atoms with van der Waals surface area (Å²) in [7, 11) is 4.79. The van der Waals surface area contributed by atoms with Gasteiger partial charge in [-0.25, -0.2) is 0 Å². The molecule has 0 bridgehead atoms. The Balaban J connectivity index is 1.60. The van der Waals surface area contributed by atoms with Crippen LogP contribution in [0.15, 0.2) is 0 Å². The number of rotatable bonds is 7. The fourth-order valence-corrected chi connectivity index (χ4v) is 4.64. The van der Waals surface area contributed by atoms with E-state index in [1.165, 1.54) is 0 Å². The van der Waals surface area contributed by atoms with Crippen LogP contribution in [0.4, 0.5) is 0 Å². The monoisotopic (exact) mass is 450 g/mol. The van der Waals surface area contributed by atoms with Crippen molar-refractivity contribution in [1.29, 1.82) is 0 Å². The van der Waals surface area contributed by atoms with Crippen molar-refractivity contribution in [3.63, 3.8) is 0 Å².